The molecule has 0 spiro atoms. The van der Waals surface area contributed by atoms with Crippen LogP contribution in [0.25, 0.3) is 0 Å². The van der Waals surface area contributed by atoms with Gasteiger partial charge in [-0.2, -0.15) is 5.10 Å². The Morgan fingerprint density at radius 2 is 1.90 bits per heavy atom. The van der Waals surface area contributed by atoms with E-state index in [0.29, 0.717) is 6.54 Å². The Labute approximate surface area is 125 Å². The summed E-state index contributed by atoms with van der Waals surface area (Å²) in [5.74, 6) is 0. The van der Waals surface area contributed by atoms with Crippen molar-refractivity contribution in [3.8, 4) is 0 Å². The molecule has 20 heavy (non-hydrogen) atoms. The number of rotatable bonds is 5. The van der Waals surface area contributed by atoms with E-state index in [1.807, 2.05) is 25.8 Å². The molecule has 0 bridgehead atoms. The van der Waals surface area contributed by atoms with E-state index in [9.17, 15) is 0 Å². The van der Waals surface area contributed by atoms with Crippen molar-refractivity contribution in [3.05, 3.63) is 40.7 Å². The van der Waals surface area contributed by atoms with Crippen LogP contribution in [0.3, 0.4) is 0 Å². The van der Waals surface area contributed by atoms with E-state index in [2.05, 4.69) is 46.5 Å². The van der Waals surface area contributed by atoms with Gasteiger partial charge in [0.25, 0.3) is 0 Å². The zero-order valence-electron chi connectivity index (χ0n) is 12.4. The Morgan fingerprint density at radius 3 is 2.40 bits per heavy atom. The Morgan fingerprint density at radius 1 is 1.25 bits per heavy atom. The third-order valence-corrected chi connectivity index (χ3v) is 3.78. The summed E-state index contributed by atoms with van der Waals surface area (Å²) in [7, 11) is 5.99. The van der Waals surface area contributed by atoms with E-state index < -0.39 is 0 Å². The summed E-state index contributed by atoms with van der Waals surface area (Å²) in [4.78, 5) is 2.08. The first-order chi connectivity index (χ1) is 9.52. The Kier molecular flexibility index (Phi) is 4.55. The van der Waals surface area contributed by atoms with Crippen LogP contribution in [0.2, 0.25) is 5.02 Å². The van der Waals surface area contributed by atoms with Gasteiger partial charge in [-0.25, -0.2) is 0 Å². The molecule has 0 amide bonds. The third kappa shape index (κ3) is 3.07. The maximum atomic E-state index is 6.33. The SMILES string of the molecule is CCc1nn(C)c(CNc2ccc(N(C)C)cc2)c1Cl. The highest BCUT2D eigenvalue weighted by Crippen LogP contribution is 2.22. The molecule has 2 rings (SSSR count). The van der Waals surface area contributed by atoms with Gasteiger partial charge in [-0.15, -0.1) is 0 Å². The predicted molar refractivity (Wildman–Crippen MR) is 85.7 cm³/mol. The monoisotopic (exact) mass is 292 g/mol. The largest absolute Gasteiger partial charge is 0.379 e. The molecule has 0 saturated carbocycles. The first kappa shape index (κ1) is 14.7. The second kappa shape index (κ2) is 6.18. The number of benzene rings is 1. The normalized spacial score (nSPS) is 10.7. The number of halogens is 1. The van der Waals surface area contributed by atoms with Gasteiger partial charge in [-0.3, -0.25) is 4.68 Å². The van der Waals surface area contributed by atoms with Crippen LogP contribution in [0.15, 0.2) is 24.3 Å². The van der Waals surface area contributed by atoms with Crippen molar-refractivity contribution in [3.63, 3.8) is 0 Å². The van der Waals surface area contributed by atoms with E-state index in [1.54, 1.807) is 0 Å². The minimum absolute atomic E-state index is 0.670. The predicted octanol–water partition coefficient (Wildman–Crippen LogP) is 3.31. The van der Waals surface area contributed by atoms with Crippen molar-refractivity contribution in [1.29, 1.82) is 0 Å². The molecular formula is C15H21ClN4. The van der Waals surface area contributed by atoms with Gasteiger partial charge >= 0.3 is 0 Å². The van der Waals surface area contributed by atoms with Gasteiger partial charge < -0.3 is 10.2 Å². The summed E-state index contributed by atoms with van der Waals surface area (Å²) >= 11 is 6.33. The molecule has 0 radical (unpaired) electrons. The van der Waals surface area contributed by atoms with Crippen molar-refractivity contribution in [2.75, 3.05) is 24.3 Å². The Hall–Kier alpha value is -1.68. The minimum Gasteiger partial charge on any atom is -0.379 e. The fourth-order valence-electron chi connectivity index (χ4n) is 2.08. The van der Waals surface area contributed by atoms with Gasteiger partial charge in [0.2, 0.25) is 0 Å². The highest BCUT2D eigenvalue weighted by molar-refractivity contribution is 6.31. The average molecular weight is 293 g/mol. The molecule has 0 fully saturated rings. The fourth-order valence-corrected chi connectivity index (χ4v) is 2.44. The number of nitrogens with zero attached hydrogens (tertiary/aromatic N) is 3. The summed E-state index contributed by atoms with van der Waals surface area (Å²) in [6, 6.07) is 8.32. The number of hydrogen-bond acceptors (Lipinski definition) is 3. The maximum absolute atomic E-state index is 6.33. The highest BCUT2D eigenvalue weighted by Gasteiger charge is 2.12. The van der Waals surface area contributed by atoms with Crippen LogP contribution in [0.1, 0.15) is 18.3 Å². The molecule has 1 aromatic heterocycles. The number of hydrogen-bond donors (Lipinski definition) is 1. The van der Waals surface area contributed by atoms with Gasteiger partial charge in [0.05, 0.1) is 23.0 Å². The van der Waals surface area contributed by atoms with Crippen molar-refractivity contribution in [2.24, 2.45) is 7.05 Å². The van der Waals surface area contributed by atoms with Crippen LogP contribution in [-0.4, -0.2) is 23.9 Å². The Balaban J connectivity index is 2.07. The standard InChI is InChI=1S/C15H21ClN4/c1-5-13-15(16)14(20(4)18-13)10-17-11-6-8-12(9-7-11)19(2)3/h6-9,17H,5,10H2,1-4H3. The number of aryl methyl sites for hydroxylation is 2. The van der Waals surface area contributed by atoms with Crippen LogP contribution in [0.5, 0.6) is 0 Å². The molecule has 5 heteroatoms. The van der Waals surface area contributed by atoms with Crippen molar-refractivity contribution in [1.82, 2.24) is 9.78 Å². The molecule has 0 unspecified atom stereocenters. The molecule has 0 saturated heterocycles. The summed E-state index contributed by atoms with van der Waals surface area (Å²) in [5.41, 5.74) is 4.22. The third-order valence-electron chi connectivity index (χ3n) is 3.35. The van der Waals surface area contributed by atoms with E-state index in [-0.39, 0.29) is 0 Å². The lowest BCUT2D eigenvalue weighted by molar-refractivity contribution is 0.707. The average Bonchev–Trinajstić information content (AvgIpc) is 2.71. The molecule has 0 aliphatic carbocycles. The van der Waals surface area contributed by atoms with Crippen molar-refractivity contribution < 1.29 is 0 Å². The van der Waals surface area contributed by atoms with Crippen LogP contribution in [0, 0.1) is 0 Å². The molecule has 2 aromatic rings. The van der Waals surface area contributed by atoms with Crippen LogP contribution in [0.4, 0.5) is 11.4 Å². The van der Waals surface area contributed by atoms with Gasteiger partial charge in [0, 0.05) is 32.5 Å². The van der Waals surface area contributed by atoms with Crippen LogP contribution in [-0.2, 0) is 20.0 Å². The zero-order chi connectivity index (χ0) is 14.7. The summed E-state index contributed by atoms with van der Waals surface area (Å²) in [6.07, 6.45) is 0.851. The molecule has 1 aromatic carbocycles. The van der Waals surface area contributed by atoms with Crippen LogP contribution < -0.4 is 10.2 Å². The summed E-state index contributed by atoms with van der Waals surface area (Å²) in [6.45, 7) is 2.73. The molecular weight excluding hydrogens is 272 g/mol. The van der Waals surface area contributed by atoms with E-state index in [0.717, 1.165) is 28.5 Å². The minimum atomic E-state index is 0.670. The molecule has 0 aliphatic heterocycles. The zero-order valence-corrected chi connectivity index (χ0v) is 13.2. The second-order valence-corrected chi connectivity index (χ2v) is 5.36. The van der Waals surface area contributed by atoms with Gasteiger partial charge in [-0.05, 0) is 30.7 Å². The number of anilines is 2. The first-order valence-corrected chi connectivity index (χ1v) is 7.12. The first-order valence-electron chi connectivity index (χ1n) is 6.74. The second-order valence-electron chi connectivity index (χ2n) is 4.98. The molecule has 1 N–H and O–H groups in total. The van der Waals surface area contributed by atoms with Crippen molar-refractivity contribution >= 4 is 23.0 Å². The highest BCUT2D eigenvalue weighted by atomic mass is 35.5. The molecule has 0 aliphatic rings. The van der Waals surface area contributed by atoms with Crippen LogP contribution >= 0.6 is 11.6 Å². The van der Waals surface area contributed by atoms with Crippen molar-refractivity contribution in [2.45, 2.75) is 19.9 Å². The lowest BCUT2D eigenvalue weighted by atomic mass is 10.2. The quantitative estimate of drug-likeness (QED) is 0.918. The topological polar surface area (TPSA) is 33.1 Å². The van der Waals surface area contributed by atoms with Gasteiger partial charge in [0.15, 0.2) is 0 Å². The number of nitrogens with one attached hydrogen (secondary N) is 1. The Bertz CT molecular complexity index is 572. The van der Waals surface area contributed by atoms with E-state index in [4.69, 9.17) is 11.6 Å². The van der Waals surface area contributed by atoms with E-state index >= 15 is 0 Å². The summed E-state index contributed by atoms with van der Waals surface area (Å²) in [5, 5.41) is 8.57. The fraction of sp³-hybridized carbons (Fsp3) is 0.400. The van der Waals surface area contributed by atoms with E-state index in [1.165, 1.54) is 5.69 Å². The summed E-state index contributed by atoms with van der Waals surface area (Å²) < 4.78 is 1.85. The molecule has 108 valence electrons. The molecule has 4 nitrogen and oxygen atoms in total. The van der Waals surface area contributed by atoms with Gasteiger partial charge in [0.1, 0.15) is 0 Å². The number of aromatic nitrogens is 2. The smallest absolute Gasteiger partial charge is 0.0868 e. The lowest BCUT2D eigenvalue weighted by Crippen LogP contribution is -2.09. The van der Waals surface area contributed by atoms with Gasteiger partial charge in [-0.1, -0.05) is 18.5 Å². The molecule has 0 atom stereocenters. The lowest BCUT2D eigenvalue weighted by Gasteiger charge is -2.13. The maximum Gasteiger partial charge on any atom is 0.0868 e. The molecule has 1 heterocycles.